The van der Waals surface area contributed by atoms with E-state index in [1.807, 2.05) is 6.92 Å². The van der Waals surface area contributed by atoms with E-state index in [-0.39, 0.29) is 16.0 Å². The minimum absolute atomic E-state index is 0.0301. The van der Waals surface area contributed by atoms with Crippen LogP contribution >= 0.6 is 22.6 Å². The summed E-state index contributed by atoms with van der Waals surface area (Å²) in [5.74, 6) is -0.0810. The summed E-state index contributed by atoms with van der Waals surface area (Å²) in [4.78, 5) is 11.2. The van der Waals surface area contributed by atoms with Gasteiger partial charge < -0.3 is 10.1 Å². The van der Waals surface area contributed by atoms with Crippen molar-refractivity contribution >= 4 is 28.6 Å². The molecule has 1 aliphatic heterocycles. The van der Waals surface area contributed by atoms with E-state index in [0.29, 0.717) is 0 Å². The molecule has 1 fully saturated rings. The SMILES string of the molecule is CC(I)C(=O)OC1CCNCC1. The molecule has 0 aliphatic carbocycles. The molecule has 1 rings (SSSR count). The molecule has 0 aromatic carbocycles. The number of hydrogen-bond acceptors (Lipinski definition) is 3. The van der Waals surface area contributed by atoms with Gasteiger partial charge in [0.05, 0.1) is 0 Å². The molecule has 1 unspecified atom stereocenters. The Balaban J connectivity index is 2.24. The summed E-state index contributed by atoms with van der Waals surface area (Å²) in [6, 6.07) is 0. The fraction of sp³-hybridized carbons (Fsp3) is 0.875. The Kier molecular flexibility index (Phi) is 4.28. The molecule has 1 N–H and O–H groups in total. The third-order valence-electron chi connectivity index (χ3n) is 1.89. The Hall–Kier alpha value is 0.160. The van der Waals surface area contributed by atoms with Crippen molar-refractivity contribution in [3.8, 4) is 0 Å². The van der Waals surface area contributed by atoms with Crippen LogP contribution in [0.1, 0.15) is 19.8 Å². The Bertz CT molecular complexity index is 155. The molecule has 0 aromatic rings. The molecular formula is C8H14INO2. The lowest BCUT2D eigenvalue weighted by atomic mass is 10.1. The summed E-state index contributed by atoms with van der Waals surface area (Å²) < 4.78 is 5.24. The molecule has 0 bridgehead atoms. The van der Waals surface area contributed by atoms with Crippen LogP contribution in [0.5, 0.6) is 0 Å². The highest BCUT2D eigenvalue weighted by Gasteiger charge is 2.19. The average Bonchev–Trinajstić information content (AvgIpc) is 2.06. The van der Waals surface area contributed by atoms with Crippen LogP contribution in [0.4, 0.5) is 0 Å². The number of esters is 1. The van der Waals surface area contributed by atoms with E-state index in [1.165, 1.54) is 0 Å². The molecule has 1 heterocycles. The second-order valence-electron chi connectivity index (χ2n) is 3.00. The third-order valence-corrected chi connectivity index (χ3v) is 2.40. The van der Waals surface area contributed by atoms with Crippen LogP contribution in [0.2, 0.25) is 0 Å². The van der Waals surface area contributed by atoms with E-state index in [4.69, 9.17) is 4.74 Å². The van der Waals surface area contributed by atoms with Gasteiger partial charge in [-0.1, -0.05) is 22.6 Å². The number of ether oxygens (including phenoxy) is 1. The normalized spacial score (nSPS) is 21.8. The third kappa shape index (κ3) is 3.26. The second kappa shape index (κ2) is 5.01. The van der Waals surface area contributed by atoms with Gasteiger partial charge in [-0.3, -0.25) is 4.79 Å². The number of halogens is 1. The molecule has 0 amide bonds. The van der Waals surface area contributed by atoms with E-state index >= 15 is 0 Å². The summed E-state index contributed by atoms with van der Waals surface area (Å²) in [5.41, 5.74) is 0. The predicted octanol–water partition coefficient (Wildman–Crippen LogP) is 1.11. The minimum Gasteiger partial charge on any atom is -0.461 e. The number of rotatable bonds is 2. The minimum atomic E-state index is -0.0810. The van der Waals surface area contributed by atoms with E-state index in [0.717, 1.165) is 25.9 Å². The molecule has 0 radical (unpaired) electrons. The molecule has 70 valence electrons. The Labute approximate surface area is 86.4 Å². The Morgan fingerprint density at radius 2 is 2.17 bits per heavy atom. The van der Waals surface area contributed by atoms with Crippen LogP contribution in [0.25, 0.3) is 0 Å². The van der Waals surface area contributed by atoms with Crippen molar-refractivity contribution in [1.29, 1.82) is 0 Å². The van der Waals surface area contributed by atoms with Gasteiger partial charge in [0.1, 0.15) is 10.0 Å². The molecular weight excluding hydrogens is 269 g/mol. The van der Waals surface area contributed by atoms with Crippen molar-refractivity contribution in [2.45, 2.75) is 29.8 Å². The van der Waals surface area contributed by atoms with Gasteiger partial charge in [-0.15, -0.1) is 0 Å². The monoisotopic (exact) mass is 283 g/mol. The van der Waals surface area contributed by atoms with Crippen LogP contribution in [-0.2, 0) is 9.53 Å². The van der Waals surface area contributed by atoms with Crippen molar-refractivity contribution in [3.05, 3.63) is 0 Å². The summed E-state index contributed by atoms with van der Waals surface area (Å²) in [7, 11) is 0. The van der Waals surface area contributed by atoms with Gasteiger partial charge in [-0.05, 0) is 32.9 Å². The van der Waals surface area contributed by atoms with Crippen molar-refractivity contribution in [2.75, 3.05) is 13.1 Å². The van der Waals surface area contributed by atoms with Crippen LogP contribution in [-0.4, -0.2) is 29.1 Å². The van der Waals surface area contributed by atoms with Crippen LogP contribution in [0.15, 0.2) is 0 Å². The van der Waals surface area contributed by atoms with Crippen LogP contribution < -0.4 is 5.32 Å². The molecule has 3 nitrogen and oxygen atoms in total. The highest BCUT2D eigenvalue weighted by Crippen LogP contribution is 2.10. The van der Waals surface area contributed by atoms with Crippen LogP contribution in [0.3, 0.4) is 0 Å². The van der Waals surface area contributed by atoms with Gasteiger partial charge in [-0.2, -0.15) is 0 Å². The Morgan fingerprint density at radius 3 is 2.67 bits per heavy atom. The number of hydrogen-bond donors (Lipinski definition) is 1. The number of alkyl halides is 1. The van der Waals surface area contributed by atoms with E-state index in [9.17, 15) is 4.79 Å². The van der Waals surface area contributed by atoms with Gasteiger partial charge in [0.25, 0.3) is 0 Å². The van der Waals surface area contributed by atoms with Crippen molar-refractivity contribution in [2.24, 2.45) is 0 Å². The fourth-order valence-electron chi connectivity index (χ4n) is 1.17. The molecule has 12 heavy (non-hydrogen) atoms. The molecule has 0 aromatic heterocycles. The van der Waals surface area contributed by atoms with Crippen molar-refractivity contribution in [1.82, 2.24) is 5.32 Å². The second-order valence-corrected chi connectivity index (χ2v) is 4.87. The number of carbonyl (C=O) groups is 1. The molecule has 1 saturated heterocycles. The highest BCUT2D eigenvalue weighted by molar-refractivity contribution is 14.1. The zero-order chi connectivity index (χ0) is 8.97. The summed E-state index contributed by atoms with van der Waals surface area (Å²) in [6.45, 7) is 3.78. The van der Waals surface area contributed by atoms with Crippen molar-refractivity contribution in [3.63, 3.8) is 0 Å². The maximum absolute atomic E-state index is 11.2. The van der Waals surface area contributed by atoms with E-state index < -0.39 is 0 Å². The quantitative estimate of drug-likeness (QED) is 0.468. The van der Waals surface area contributed by atoms with E-state index in [1.54, 1.807) is 0 Å². The van der Waals surface area contributed by atoms with Gasteiger partial charge >= 0.3 is 5.97 Å². The highest BCUT2D eigenvalue weighted by atomic mass is 127. The van der Waals surface area contributed by atoms with E-state index in [2.05, 4.69) is 27.9 Å². The largest absolute Gasteiger partial charge is 0.461 e. The first-order chi connectivity index (χ1) is 5.70. The summed E-state index contributed by atoms with van der Waals surface area (Å²) in [6.07, 6.45) is 2.06. The lowest BCUT2D eigenvalue weighted by Crippen LogP contribution is -2.34. The van der Waals surface area contributed by atoms with Gasteiger partial charge in [0.2, 0.25) is 0 Å². The fourth-order valence-corrected chi connectivity index (χ4v) is 1.32. The van der Waals surface area contributed by atoms with Crippen LogP contribution in [0, 0.1) is 0 Å². The molecule has 4 heteroatoms. The molecule has 0 saturated carbocycles. The first kappa shape index (κ1) is 10.2. The Morgan fingerprint density at radius 1 is 1.58 bits per heavy atom. The molecule has 1 aliphatic rings. The maximum atomic E-state index is 11.2. The van der Waals surface area contributed by atoms with Gasteiger partial charge in [-0.25, -0.2) is 0 Å². The number of carbonyl (C=O) groups excluding carboxylic acids is 1. The lowest BCUT2D eigenvalue weighted by Gasteiger charge is -2.23. The maximum Gasteiger partial charge on any atom is 0.318 e. The number of piperidine rings is 1. The number of nitrogens with one attached hydrogen (secondary N) is 1. The average molecular weight is 283 g/mol. The topological polar surface area (TPSA) is 38.3 Å². The molecule has 0 spiro atoms. The van der Waals surface area contributed by atoms with Gasteiger partial charge in [0, 0.05) is 0 Å². The van der Waals surface area contributed by atoms with Crippen molar-refractivity contribution < 1.29 is 9.53 Å². The standard InChI is InChI=1S/C8H14INO2/c1-6(9)8(11)12-7-2-4-10-5-3-7/h6-7,10H,2-5H2,1H3. The zero-order valence-electron chi connectivity index (χ0n) is 7.18. The summed E-state index contributed by atoms with van der Waals surface area (Å²) in [5, 5.41) is 3.22. The molecule has 1 atom stereocenters. The summed E-state index contributed by atoms with van der Waals surface area (Å²) >= 11 is 2.07. The lowest BCUT2D eigenvalue weighted by molar-refractivity contribution is -0.148. The smallest absolute Gasteiger partial charge is 0.318 e. The predicted molar refractivity (Wildman–Crippen MR) is 55.5 cm³/mol. The first-order valence-electron chi connectivity index (χ1n) is 4.25. The van der Waals surface area contributed by atoms with Gasteiger partial charge in [0.15, 0.2) is 0 Å². The first-order valence-corrected chi connectivity index (χ1v) is 5.50. The zero-order valence-corrected chi connectivity index (χ0v) is 9.34.